The molecule has 0 aromatic heterocycles. The lowest BCUT2D eigenvalue weighted by Crippen LogP contribution is -2.06. The van der Waals surface area contributed by atoms with Gasteiger partial charge in [0.15, 0.2) is 0 Å². The van der Waals surface area contributed by atoms with Crippen molar-refractivity contribution in [2.75, 3.05) is 23.7 Å². The van der Waals surface area contributed by atoms with E-state index < -0.39 is 0 Å². The Morgan fingerprint density at radius 1 is 0.491 bits per heavy atom. The number of hydrogen-bond acceptors (Lipinski definition) is 4. The molecule has 4 nitrogen and oxygen atoms in total. The molecule has 0 saturated heterocycles. The minimum absolute atomic E-state index is 0.302. The van der Waals surface area contributed by atoms with Crippen molar-refractivity contribution in [3.8, 4) is 33.8 Å². The molecule has 0 radical (unpaired) electrons. The van der Waals surface area contributed by atoms with Crippen molar-refractivity contribution in [3.63, 3.8) is 0 Å². The van der Waals surface area contributed by atoms with E-state index in [4.69, 9.17) is 0 Å². The molecule has 0 saturated carbocycles. The molecule has 0 fully saturated rings. The van der Waals surface area contributed by atoms with Crippen molar-refractivity contribution in [2.45, 2.75) is 47.0 Å². The summed E-state index contributed by atoms with van der Waals surface area (Å²) in [4.78, 5) is 0. The van der Waals surface area contributed by atoms with Crippen LogP contribution in [-0.4, -0.2) is 23.3 Å². The predicted octanol–water partition coefficient (Wildman–Crippen LogP) is 14.7. The average molecular weight is 749 g/mol. The van der Waals surface area contributed by atoms with Crippen LogP contribution in [-0.2, 0) is 0 Å². The van der Waals surface area contributed by atoms with E-state index in [1.165, 1.54) is 16.5 Å². The van der Waals surface area contributed by atoms with Crippen LogP contribution in [0.5, 0.6) is 11.5 Å². The third-order valence-corrected chi connectivity index (χ3v) is 10.9. The quantitative estimate of drug-likeness (QED) is 0.0995. The molecule has 0 aliphatic carbocycles. The van der Waals surface area contributed by atoms with E-state index in [1.54, 1.807) is 6.07 Å². The van der Waals surface area contributed by atoms with Crippen LogP contribution in [0.3, 0.4) is 0 Å². The van der Waals surface area contributed by atoms with Crippen molar-refractivity contribution < 1.29 is 10.2 Å². The number of benzene rings is 8. The van der Waals surface area contributed by atoms with Gasteiger partial charge in [0.2, 0.25) is 0 Å². The highest BCUT2D eigenvalue weighted by atomic mass is 16.3. The van der Waals surface area contributed by atoms with Gasteiger partial charge in [0.05, 0.1) is 0 Å². The summed E-state index contributed by atoms with van der Waals surface area (Å²) in [5.74, 6) is 0.612. The Morgan fingerprint density at radius 3 is 1.28 bits per heavy atom. The Labute approximate surface area is 336 Å². The molecule has 0 heterocycles. The summed E-state index contributed by atoms with van der Waals surface area (Å²) in [6.07, 6.45) is 7.77. The highest BCUT2D eigenvalue weighted by molar-refractivity contribution is 6.13. The number of allylic oxidation sites excluding steroid dienone is 2. The molecule has 8 aromatic rings. The predicted molar refractivity (Wildman–Crippen MR) is 247 cm³/mol. The minimum Gasteiger partial charge on any atom is -0.507 e. The lowest BCUT2D eigenvalue weighted by Gasteiger charge is -2.19. The van der Waals surface area contributed by atoms with Gasteiger partial charge >= 0.3 is 0 Å². The molecule has 0 aliphatic rings. The maximum absolute atomic E-state index is 10.9. The molecule has 0 unspecified atom stereocenters. The molecule has 57 heavy (non-hydrogen) atoms. The topological polar surface area (TPSA) is 64.5 Å². The van der Waals surface area contributed by atoms with E-state index in [-0.39, 0.29) is 0 Å². The van der Waals surface area contributed by atoms with Crippen molar-refractivity contribution >= 4 is 54.5 Å². The second-order valence-corrected chi connectivity index (χ2v) is 14.6. The summed E-state index contributed by atoms with van der Waals surface area (Å²) in [7, 11) is 0. The van der Waals surface area contributed by atoms with Gasteiger partial charge in [-0.15, -0.1) is 0 Å². The van der Waals surface area contributed by atoms with Gasteiger partial charge in [-0.05, 0) is 94.0 Å². The maximum atomic E-state index is 10.9. The Balaban J connectivity index is 0.000000175. The summed E-state index contributed by atoms with van der Waals surface area (Å²) < 4.78 is 0. The standard InChI is InChI=1S/C28H29NO.C25H23NO/c1-3-5-10-20(4-2)19-29-25-17-15-21-11-6-8-13-23(21)27(25)28-24-14-9-7-12-22(24)16-18-26(28)30;1-3-17(2)16-26-22-14-12-18-8-4-6-10-20(18)24(22)25-21-11-7-5-9-19(21)13-15-23(25)27/h6-18,29-30H,3-5,19H2,1-2H3;3-15,26-27H,16H2,1-2H3/b20-10-;17-3+. The molecule has 8 aromatic carbocycles. The first-order valence-electron chi connectivity index (χ1n) is 20.1. The molecular formula is C53H52N2O2. The first-order chi connectivity index (χ1) is 27.9. The van der Waals surface area contributed by atoms with Crippen molar-refractivity contribution in [3.05, 3.63) is 169 Å². The second-order valence-electron chi connectivity index (χ2n) is 14.6. The van der Waals surface area contributed by atoms with Gasteiger partial charge in [0.25, 0.3) is 0 Å². The third kappa shape index (κ3) is 8.36. The van der Waals surface area contributed by atoms with E-state index in [9.17, 15) is 10.2 Å². The molecule has 0 spiro atoms. The molecule has 286 valence electrons. The van der Waals surface area contributed by atoms with Crippen molar-refractivity contribution in [1.82, 2.24) is 0 Å². The fraction of sp³-hybridized carbons (Fsp3) is 0.170. The van der Waals surface area contributed by atoms with Crippen LogP contribution in [0.15, 0.2) is 169 Å². The van der Waals surface area contributed by atoms with Crippen molar-refractivity contribution in [1.29, 1.82) is 0 Å². The highest BCUT2D eigenvalue weighted by Crippen LogP contribution is 2.45. The van der Waals surface area contributed by atoms with E-state index in [0.29, 0.717) is 11.5 Å². The third-order valence-electron chi connectivity index (χ3n) is 10.9. The van der Waals surface area contributed by atoms with Gasteiger partial charge in [-0.2, -0.15) is 0 Å². The van der Waals surface area contributed by atoms with Crippen LogP contribution in [0.2, 0.25) is 0 Å². The summed E-state index contributed by atoms with van der Waals surface area (Å²) in [6, 6.07) is 49.3. The summed E-state index contributed by atoms with van der Waals surface area (Å²) >= 11 is 0. The summed E-state index contributed by atoms with van der Waals surface area (Å²) in [6.45, 7) is 10.2. The Hall–Kier alpha value is -6.52. The molecule has 0 bridgehead atoms. The molecule has 4 heteroatoms. The lowest BCUT2D eigenvalue weighted by molar-refractivity contribution is 0.477. The van der Waals surface area contributed by atoms with Gasteiger partial charge in [-0.3, -0.25) is 0 Å². The molecule has 0 aliphatic heterocycles. The van der Waals surface area contributed by atoms with E-state index in [0.717, 1.165) is 104 Å². The number of phenolic OH excluding ortho intramolecular Hbond substituents is 2. The van der Waals surface area contributed by atoms with Gasteiger partial charge in [-0.25, -0.2) is 0 Å². The molecule has 0 atom stereocenters. The monoisotopic (exact) mass is 748 g/mol. The Bertz CT molecular complexity index is 2740. The largest absolute Gasteiger partial charge is 0.507 e. The number of fused-ring (bicyclic) bond motifs is 4. The number of phenols is 2. The number of rotatable bonds is 11. The lowest BCUT2D eigenvalue weighted by atomic mass is 9.91. The molecular weight excluding hydrogens is 697 g/mol. The Kier molecular flexibility index (Phi) is 12.2. The summed E-state index contributed by atoms with van der Waals surface area (Å²) in [5, 5.41) is 38.0. The zero-order valence-corrected chi connectivity index (χ0v) is 33.4. The van der Waals surface area contributed by atoms with Gasteiger partial charge in [-0.1, -0.05) is 165 Å². The van der Waals surface area contributed by atoms with Crippen LogP contribution < -0.4 is 10.6 Å². The highest BCUT2D eigenvalue weighted by Gasteiger charge is 2.18. The first-order valence-corrected chi connectivity index (χ1v) is 20.1. The molecule has 0 amide bonds. The first kappa shape index (κ1) is 38.7. The second kappa shape index (κ2) is 18.0. The smallest absolute Gasteiger partial charge is 0.124 e. The normalized spacial score (nSPS) is 11.9. The fourth-order valence-corrected chi connectivity index (χ4v) is 7.66. The van der Waals surface area contributed by atoms with Crippen molar-refractivity contribution in [2.24, 2.45) is 0 Å². The van der Waals surface area contributed by atoms with Crippen LogP contribution in [0.4, 0.5) is 11.4 Å². The fourth-order valence-electron chi connectivity index (χ4n) is 7.66. The number of anilines is 2. The average Bonchev–Trinajstić information content (AvgIpc) is 3.26. The van der Waals surface area contributed by atoms with Gasteiger partial charge < -0.3 is 20.8 Å². The zero-order chi connectivity index (χ0) is 39.7. The summed E-state index contributed by atoms with van der Waals surface area (Å²) in [5.41, 5.74) is 8.65. The molecule has 8 rings (SSSR count). The number of hydrogen-bond donors (Lipinski definition) is 4. The van der Waals surface area contributed by atoms with E-state index >= 15 is 0 Å². The maximum Gasteiger partial charge on any atom is 0.124 e. The van der Waals surface area contributed by atoms with E-state index in [2.05, 4.69) is 141 Å². The van der Waals surface area contributed by atoms with Gasteiger partial charge in [0, 0.05) is 46.7 Å². The zero-order valence-electron chi connectivity index (χ0n) is 33.4. The van der Waals surface area contributed by atoms with Crippen LogP contribution in [0.1, 0.15) is 47.0 Å². The van der Waals surface area contributed by atoms with Crippen LogP contribution in [0, 0.1) is 0 Å². The van der Waals surface area contributed by atoms with Crippen LogP contribution >= 0.6 is 0 Å². The minimum atomic E-state index is 0.302. The number of nitrogens with one attached hydrogen (secondary N) is 2. The Morgan fingerprint density at radius 2 is 0.877 bits per heavy atom. The number of unbranched alkanes of at least 4 members (excludes halogenated alkanes) is 1. The van der Waals surface area contributed by atoms with Gasteiger partial charge in [0.1, 0.15) is 11.5 Å². The SMILES string of the molecule is C/C=C(\C)CNc1ccc2ccccc2c1-c1c(O)ccc2ccccc12.CCC/C=C(/CC)CNc1ccc2ccccc2c1-c1c(O)ccc2ccccc12. The van der Waals surface area contributed by atoms with Crippen LogP contribution in [0.25, 0.3) is 65.3 Å². The molecule has 4 N–H and O–H groups in total. The van der Waals surface area contributed by atoms with E-state index in [1.807, 2.05) is 48.5 Å². The number of aromatic hydroxyl groups is 2.